The summed E-state index contributed by atoms with van der Waals surface area (Å²) in [6.07, 6.45) is 9.25. The van der Waals surface area contributed by atoms with Gasteiger partial charge in [-0.15, -0.1) is 0 Å². The molecular formula is C12H11NO4. The fraction of sp³-hybridized carbons (Fsp3) is 0.250. The summed E-state index contributed by atoms with van der Waals surface area (Å²) in [5, 5.41) is 0. The highest BCUT2D eigenvalue weighted by molar-refractivity contribution is 5.92. The number of rotatable bonds is 1. The highest BCUT2D eigenvalue weighted by atomic mass is 17.2. The molecule has 2 N–H and O–H groups in total. The van der Waals surface area contributed by atoms with Gasteiger partial charge in [0.15, 0.2) is 11.4 Å². The van der Waals surface area contributed by atoms with Gasteiger partial charge in [-0.3, -0.25) is 4.79 Å². The number of primary amides is 1. The second-order valence-corrected chi connectivity index (χ2v) is 3.97. The Kier molecular flexibility index (Phi) is 2.17. The molecule has 1 aliphatic carbocycles. The Hall–Kier alpha value is -1.85. The molecule has 17 heavy (non-hydrogen) atoms. The molecule has 2 heterocycles. The molecular weight excluding hydrogens is 222 g/mol. The molecule has 2 aliphatic heterocycles. The SMILES string of the molecule is NC(=O)C1=C2C=CC=C3C=CCOOC32CO1. The van der Waals surface area contributed by atoms with Gasteiger partial charge < -0.3 is 10.5 Å². The van der Waals surface area contributed by atoms with Crippen molar-refractivity contribution < 1.29 is 19.3 Å². The summed E-state index contributed by atoms with van der Waals surface area (Å²) in [5.74, 6) is -0.453. The minimum atomic E-state index is -0.855. The molecule has 0 aromatic rings. The van der Waals surface area contributed by atoms with Crippen LogP contribution in [0, 0.1) is 0 Å². The van der Waals surface area contributed by atoms with E-state index in [1.807, 2.05) is 24.3 Å². The molecule has 5 nitrogen and oxygen atoms in total. The molecule has 1 spiro atoms. The number of allylic oxidation sites excluding steroid dienone is 2. The smallest absolute Gasteiger partial charge is 0.284 e. The summed E-state index contributed by atoms with van der Waals surface area (Å²) in [7, 11) is 0. The van der Waals surface area contributed by atoms with Gasteiger partial charge >= 0.3 is 0 Å². The van der Waals surface area contributed by atoms with Gasteiger partial charge in [-0.05, 0) is 5.57 Å². The Labute approximate surface area is 97.7 Å². The van der Waals surface area contributed by atoms with E-state index in [0.717, 1.165) is 5.57 Å². The lowest BCUT2D eigenvalue weighted by molar-refractivity contribution is -0.333. The first kappa shape index (κ1) is 10.3. The Morgan fingerprint density at radius 1 is 1.41 bits per heavy atom. The van der Waals surface area contributed by atoms with Gasteiger partial charge in [0.05, 0.1) is 0 Å². The van der Waals surface area contributed by atoms with Crippen LogP contribution in [0.3, 0.4) is 0 Å². The summed E-state index contributed by atoms with van der Waals surface area (Å²) in [6, 6.07) is 0. The van der Waals surface area contributed by atoms with Crippen molar-refractivity contribution in [1.29, 1.82) is 0 Å². The summed E-state index contributed by atoms with van der Waals surface area (Å²) >= 11 is 0. The van der Waals surface area contributed by atoms with Gasteiger partial charge in [0, 0.05) is 5.57 Å². The summed E-state index contributed by atoms with van der Waals surface area (Å²) in [4.78, 5) is 21.8. The van der Waals surface area contributed by atoms with E-state index in [1.165, 1.54) is 0 Å². The van der Waals surface area contributed by atoms with E-state index in [9.17, 15) is 4.79 Å². The minimum Gasteiger partial charge on any atom is -0.484 e. The van der Waals surface area contributed by atoms with Crippen LogP contribution in [0.4, 0.5) is 0 Å². The van der Waals surface area contributed by atoms with Gasteiger partial charge in [-0.1, -0.05) is 30.4 Å². The Morgan fingerprint density at radius 2 is 2.29 bits per heavy atom. The third kappa shape index (κ3) is 1.36. The van der Waals surface area contributed by atoms with E-state index < -0.39 is 11.5 Å². The van der Waals surface area contributed by atoms with Crippen LogP contribution in [0.1, 0.15) is 0 Å². The van der Waals surface area contributed by atoms with Crippen molar-refractivity contribution in [2.45, 2.75) is 5.60 Å². The molecule has 3 rings (SSSR count). The van der Waals surface area contributed by atoms with Gasteiger partial charge in [0.2, 0.25) is 0 Å². The van der Waals surface area contributed by atoms with Crippen LogP contribution in [0.15, 0.2) is 47.3 Å². The first-order chi connectivity index (χ1) is 8.24. The third-order valence-corrected chi connectivity index (χ3v) is 2.99. The first-order valence-electron chi connectivity index (χ1n) is 5.27. The number of carbonyl (C=O) groups is 1. The molecule has 88 valence electrons. The van der Waals surface area contributed by atoms with Crippen LogP contribution >= 0.6 is 0 Å². The fourth-order valence-corrected chi connectivity index (χ4v) is 2.20. The lowest BCUT2D eigenvalue weighted by Crippen LogP contribution is -2.38. The maximum atomic E-state index is 11.3. The van der Waals surface area contributed by atoms with E-state index in [1.54, 1.807) is 6.08 Å². The summed E-state index contributed by atoms with van der Waals surface area (Å²) in [5.41, 5.74) is 5.93. The highest BCUT2D eigenvalue weighted by Gasteiger charge is 2.49. The topological polar surface area (TPSA) is 70.8 Å². The molecule has 0 aromatic heterocycles. The van der Waals surface area contributed by atoms with Crippen molar-refractivity contribution in [1.82, 2.24) is 0 Å². The number of nitrogens with two attached hydrogens (primary N) is 1. The fourth-order valence-electron chi connectivity index (χ4n) is 2.20. The predicted molar refractivity (Wildman–Crippen MR) is 58.3 cm³/mol. The maximum Gasteiger partial charge on any atom is 0.284 e. The summed E-state index contributed by atoms with van der Waals surface area (Å²) < 4.78 is 5.35. The lowest BCUT2D eigenvalue weighted by atomic mass is 9.83. The predicted octanol–water partition coefficient (Wildman–Crippen LogP) is 0.509. The molecule has 1 amide bonds. The van der Waals surface area contributed by atoms with Crippen molar-refractivity contribution >= 4 is 5.91 Å². The summed E-state index contributed by atoms with van der Waals surface area (Å²) in [6.45, 7) is 0.555. The monoisotopic (exact) mass is 233 g/mol. The number of hydrogen-bond acceptors (Lipinski definition) is 4. The van der Waals surface area contributed by atoms with Gasteiger partial charge in [0.1, 0.15) is 13.2 Å². The Balaban J connectivity index is 2.16. The normalized spacial score (nSPS) is 30.2. The highest BCUT2D eigenvalue weighted by Crippen LogP contribution is 2.43. The molecule has 0 fully saturated rings. The van der Waals surface area contributed by atoms with E-state index in [2.05, 4.69) is 0 Å². The van der Waals surface area contributed by atoms with Gasteiger partial charge in [0.25, 0.3) is 5.91 Å². The standard InChI is InChI=1S/C12H11NO4/c13-11(14)10-9-5-1-3-8-4-2-6-16-17-12(8,9)7-15-10/h1-5H,6-7H2,(H2,13,14). The van der Waals surface area contributed by atoms with Crippen molar-refractivity contribution in [2.24, 2.45) is 5.73 Å². The molecule has 3 aliphatic rings. The van der Waals surface area contributed by atoms with Crippen LogP contribution in [0.2, 0.25) is 0 Å². The second kappa shape index (κ2) is 3.58. The van der Waals surface area contributed by atoms with E-state index in [-0.39, 0.29) is 12.4 Å². The van der Waals surface area contributed by atoms with E-state index in [4.69, 9.17) is 20.2 Å². The zero-order valence-electron chi connectivity index (χ0n) is 9.01. The number of hydrogen-bond donors (Lipinski definition) is 1. The van der Waals surface area contributed by atoms with Crippen LogP contribution in [-0.2, 0) is 19.3 Å². The molecule has 0 radical (unpaired) electrons. The molecule has 0 saturated heterocycles. The average Bonchev–Trinajstić information content (AvgIpc) is 2.55. The zero-order chi connectivity index (χ0) is 11.9. The van der Waals surface area contributed by atoms with Crippen LogP contribution in [0.5, 0.6) is 0 Å². The van der Waals surface area contributed by atoms with Crippen LogP contribution in [-0.4, -0.2) is 24.7 Å². The largest absolute Gasteiger partial charge is 0.484 e. The molecule has 0 aromatic carbocycles. The Morgan fingerprint density at radius 3 is 3.12 bits per heavy atom. The molecule has 0 saturated carbocycles. The zero-order valence-corrected chi connectivity index (χ0v) is 9.01. The van der Waals surface area contributed by atoms with Gasteiger partial charge in [-0.25, -0.2) is 9.78 Å². The average molecular weight is 233 g/mol. The Bertz CT molecular complexity index is 501. The van der Waals surface area contributed by atoms with Gasteiger partial charge in [-0.2, -0.15) is 0 Å². The first-order valence-corrected chi connectivity index (χ1v) is 5.27. The van der Waals surface area contributed by atoms with Crippen molar-refractivity contribution in [2.75, 3.05) is 13.2 Å². The second-order valence-electron chi connectivity index (χ2n) is 3.97. The maximum absolute atomic E-state index is 11.3. The van der Waals surface area contributed by atoms with Crippen molar-refractivity contribution in [3.05, 3.63) is 47.3 Å². The van der Waals surface area contributed by atoms with Crippen molar-refractivity contribution in [3.63, 3.8) is 0 Å². The quantitative estimate of drug-likeness (QED) is 0.670. The molecule has 5 heteroatoms. The number of ether oxygens (including phenoxy) is 1. The van der Waals surface area contributed by atoms with Crippen LogP contribution in [0.25, 0.3) is 0 Å². The van der Waals surface area contributed by atoms with E-state index in [0.29, 0.717) is 12.2 Å². The minimum absolute atomic E-state index is 0.144. The van der Waals surface area contributed by atoms with Crippen molar-refractivity contribution in [3.8, 4) is 0 Å². The van der Waals surface area contributed by atoms with Crippen LogP contribution < -0.4 is 5.73 Å². The third-order valence-electron chi connectivity index (χ3n) is 2.99. The van der Waals surface area contributed by atoms with E-state index >= 15 is 0 Å². The number of carbonyl (C=O) groups excluding carboxylic acids is 1. The lowest BCUT2D eigenvalue weighted by Gasteiger charge is -2.29. The molecule has 0 bridgehead atoms. The molecule has 1 atom stereocenters. The number of amides is 1. The molecule has 1 unspecified atom stereocenters.